The Kier molecular flexibility index (Phi) is 6.48. The minimum Gasteiger partial charge on any atom is -0.249 e. The molecule has 3 aromatic rings. The fraction of sp³-hybridized carbons (Fsp3) is 0.200. The highest BCUT2D eigenvalue weighted by atomic mass is 32.2. The number of hydrogen-bond donors (Lipinski definition) is 1. The highest BCUT2D eigenvalue weighted by Gasteiger charge is 2.14. The molecule has 0 heterocycles. The second-order valence-corrected chi connectivity index (χ2v) is 9.22. The van der Waals surface area contributed by atoms with E-state index in [9.17, 15) is 4.21 Å². The topological polar surface area (TPSA) is 40.9 Å². The quantitative estimate of drug-likeness (QED) is 0.440. The van der Waals surface area contributed by atoms with E-state index in [4.69, 9.17) is 4.78 Å². The van der Waals surface area contributed by atoms with E-state index in [0.717, 1.165) is 24.8 Å². The minimum absolute atomic E-state index is 0.576. The Morgan fingerprint density at radius 2 is 1.29 bits per heavy atom. The summed E-state index contributed by atoms with van der Waals surface area (Å²) in [6, 6.07) is 28.7. The van der Waals surface area contributed by atoms with Gasteiger partial charge in [0.25, 0.3) is 0 Å². The highest BCUT2D eigenvalue weighted by molar-refractivity contribution is 7.91. The van der Waals surface area contributed by atoms with Gasteiger partial charge in [0.05, 0.1) is 9.73 Å². The van der Waals surface area contributed by atoms with Crippen molar-refractivity contribution in [2.24, 2.45) is 0 Å². The second-order valence-electron chi connectivity index (χ2n) is 7.06. The molecule has 1 atom stereocenters. The van der Waals surface area contributed by atoms with Gasteiger partial charge in [0.15, 0.2) is 0 Å². The Morgan fingerprint density at radius 3 is 1.71 bits per heavy atom. The van der Waals surface area contributed by atoms with Gasteiger partial charge in [-0.15, -0.1) is 0 Å². The molecule has 0 bridgehead atoms. The molecule has 3 heteroatoms. The van der Waals surface area contributed by atoms with Crippen LogP contribution < -0.4 is 0 Å². The van der Waals surface area contributed by atoms with Gasteiger partial charge in [-0.1, -0.05) is 86.1 Å². The third-order valence-corrected chi connectivity index (χ3v) is 6.03. The molecule has 0 aliphatic rings. The molecular weight excluding hydrogens is 362 g/mol. The predicted octanol–water partition coefficient (Wildman–Crippen LogP) is 6.87. The van der Waals surface area contributed by atoms with Crippen LogP contribution in [0, 0.1) is 4.78 Å². The van der Waals surface area contributed by atoms with Gasteiger partial charge in [-0.3, -0.25) is 0 Å². The van der Waals surface area contributed by atoms with Crippen LogP contribution in [0.5, 0.6) is 0 Å². The SMILES string of the molecule is CCCCC(=C(c1ccccc1)c1ccccc1)c1ccc(S(C)(=N)=O)cc1. The maximum absolute atomic E-state index is 12.1. The van der Waals surface area contributed by atoms with Crippen LogP contribution >= 0.6 is 0 Å². The van der Waals surface area contributed by atoms with Crippen LogP contribution in [0.15, 0.2) is 89.8 Å². The third-order valence-electron chi connectivity index (χ3n) is 4.86. The summed E-state index contributed by atoms with van der Waals surface area (Å²) >= 11 is 0. The van der Waals surface area contributed by atoms with E-state index >= 15 is 0 Å². The Hall–Kier alpha value is -2.65. The van der Waals surface area contributed by atoms with E-state index in [-0.39, 0.29) is 0 Å². The van der Waals surface area contributed by atoms with Crippen LogP contribution in [0.3, 0.4) is 0 Å². The first-order valence-electron chi connectivity index (χ1n) is 9.69. The summed E-state index contributed by atoms with van der Waals surface area (Å²) in [5, 5.41) is 0. The third kappa shape index (κ3) is 4.79. The van der Waals surface area contributed by atoms with Crippen molar-refractivity contribution in [1.82, 2.24) is 0 Å². The smallest absolute Gasteiger partial charge is 0.0696 e. The summed E-state index contributed by atoms with van der Waals surface area (Å²) in [6.45, 7) is 2.21. The van der Waals surface area contributed by atoms with E-state index in [1.54, 1.807) is 0 Å². The fourth-order valence-electron chi connectivity index (χ4n) is 3.41. The summed E-state index contributed by atoms with van der Waals surface area (Å²) in [4.78, 5) is 0.576. The Labute approximate surface area is 168 Å². The molecule has 0 saturated heterocycles. The molecule has 0 amide bonds. The van der Waals surface area contributed by atoms with Crippen molar-refractivity contribution in [3.63, 3.8) is 0 Å². The molecule has 144 valence electrons. The molecule has 0 radical (unpaired) electrons. The van der Waals surface area contributed by atoms with Crippen LogP contribution in [0.1, 0.15) is 42.9 Å². The highest BCUT2D eigenvalue weighted by Crippen LogP contribution is 2.35. The van der Waals surface area contributed by atoms with Gasteiger partial charge in [0.1, 0.15) is 0 Å². The molecule has 0 aliphatic carbocycles. The van der Waals surface area contributed by atoms with Crippen molar-refractivity contribution in [3.05, 3.63) is 102 Å². The van der Waals surface area contributed by atoms with Gasteiger partial charge in [0, 0.05) is 11.2 Å². The average molecular weight is 390 g/mol. The Balaban J connectivity index is 2.23. The van der Waals surface area contributed by atoms with Gasteiger partial charge in [-0.25, -0.2) is 8.99 Å². The molecule has 0 spiro atoms. The maximum Gasteiger partial charge on any atom is 0.0696 e. The van der Waals surface area contributed by atoms with Crippen molar-refractivity contribution >= 4 is 20.9 Å². The van der Waals surface area contributed by atoms with E-state index in [1.807, 2.05) is 36.4 Å². The lowest BCUT2D eigenvalue weighted by molar-refractivity contribution is 0.679. The molecule has 3 rings (SSSR count). The Morgan fingerprint density at radius 1 is 0.786 bits per heavy atom. The Bertz CT molecular complexity index is 993. The van der Waals surface area contributed by atoms with Gasteiger partial charge in [-0.05, 0) is 52.8 Å². The first kappa shape index (κ1) is 20.1. The van der Waals surface area contributed by atoms with Gasteiger partial charge in [0.2, 0.25) is 0 Å². The normalized spacial score (nSPS) is 12.9. The van der Waals surface area contributed by atoms with Gasteiger partial charge >= 0.3 is 0 Å². The lowest BCUT2D eigenvalue weighted by atomic mass is 9.87. The first-order chi connectivity index (χ1) is 13.5. The van der Waals surface area contributed by atoms with Crippen LogP contribution in [-0.2, 0) is 9.73 Å². The van der Waals surface area contributed by atoms with Crippen LogP contribution in [0.2, 0.25) is 0 Å². The summed E-state index contributed by atoms with van der Waals surface area (Å²) in [5.41, 5.74) is 6.06. The lowest BCUT2D eigenvalue weighted by Gasteiger charge is -2.18. The molecule has 1 unspecified atom stereocenters. The molecule has 3 aromatic carbocycles. The standard InChI is InChI=1S/C25H27NOS/c1-3-4-15-24(20-16-18-23(19-17-20)28(2,26)27)25(21-11-7-5-8-12-21)22-13-9-6-10-14-22/h5-14,16-19,26H,3-4,15H2,1-2H3. The van der Waals surface area contributed by atoms with Crippen molar-refractivity contribution in [3.8, 4) is 0 Å². The molecule has 2 nitrogen and oxygen atoms in total. The second kappa shape index (κ2) is 9.03. The zero-order valence-corrected chi connectivity index (χ0v) is 17.3. The summed E-state index contributed by atoms with van der Waals surface area (Å²) in [7, 11) is -2.70. The number of nitrogens with one attached hydrogen (secondary N) is 1. The molecule has 0 fully saturated rings. The zero-order valence-electron chi connectivity index (χ0n) is 16.5. The largest absolute Gasteiger partial charge is 0.249 e. The van der Waals surface area contributed by atoms with Crippen molar-refractivity contribution in [2.75, 3.05) is 6.26 Å². The van der Waals surface area contributed by atoms with Gasteiger partial charge in [-0.2, -0.15) is 0 Å². The van der Waals surface area contributed by atoms with Crippen LogP contribution in [0.25, 0.3) is 11.1 Å². The zero-order chi connectivity index (χ0) is 20.0. The van der Waals surface area contributed by atoms with E-state index in [1.165, 1.54) is 28.5 Å². The lowest BCUT2D eigenvalue weighted by Crippen LogP contribution is -1.98. The molecule has 1 N–H and O–H groups in total. The molecule has 28 heavy (non-hydrogen) atoms. The van der Waals surface area contributed by atoms with Crippen molar-refractivity contribution in [1.29, 1.82) is 4.78 Å². The fourth-order valence-corrected chi connectivity index (χ4v) is 4.06. The summed E-state index contributed by atoms with van der Waals surface area (Å²) in [5.74, 6) is 0. The summed E-state index contributed by atoms with van der Waals surface area (Å²) in [6.07, 6.45) is 4.66. The monoisotopic (exact) mass is 389 g/mol. The van der Waals surface area contributed by atoms with Gasteiger partial charge < -0.3 is 0 Å². The van der Waals surface area contributed by atoms with Crippen LogP contribution in [0.4, 0.5) is 0 Å². The molecule has 0 aromatic heterocycles. The number of hydrogen-bond acceptors (Lipinski definition) is 2. The molecule has 0 aliphatic heterocycles. The maximum atomic E-state index is 12.1. The minimum atomic E-state index is -2.70. The van der Waals surface area contributed by atoms with E-state index in [0.29, 0.717) is 4.90 Å². The number of rotatable bonds is 7. The molecule has 0 saturated carbocycles. The van der Waals surface area contributed by atoms with Crippen molar-refractivity contribution < 1.29 is 4.21 Å². The van der Waals surface area contributed by atoms with E-state index < -0.39 is 9.73 Å². The number of allylic oxidation sites excluding steroid dienone is 1. The van der Waals surface area contributed by atoms with E-state index in [2.05, 4.69) is 55.5 Å². The number of benzene rings is 3. The average Bonchev–Trinajstić information content (AvgIpc) is 2.72. The summed E-state index contributed by atoms with van der Waals surface area (Å²) < 4.78 is 19.9. The van der Waals surface area contributed by atoms with Crippen LogP contribution in [-0.4, -0.2) is 10.5 Å². The molecular formula is C25H27NOS. The van der Waals surface area contributed by atoms with Crippen molar-refractivity contribution in [2.45, 2.75) is 31.1 Å². The number of unbranched alkanes of at least 4 members (excludes halogenated alkanes) is 1. The predicted molar refractivity (Wildman–Crippen MR) is 120 cm³/mol. The first-order valence-corrected chi connectivity index (χ1v) is 11.7.